The van der Waals surface area contributed by atoms with Crippen molar-refractivity contribution < 1.29 is 0 Å². The summed E-state index contributed by atoms with van der Waals surface area (Å²) in [5, 5.41) is 7.83. The van der Waals surface area contributed by atoms with E-state index in [2.05, 4.69) is 21.2 Å². The molecule has 46 valence electrons. The molecule has 0 unspecified atom stereocenters. The molecular weight excluding hydrogens is 114 g/mol. The van der Waals surface area contributed by atoms with Crippen LogP contribution >= 0.6 is 0 Å². The maximum atomic E-state index is 3.85. The van der Waals surface area contributed by atoms with Gasteiger partial charge >= 0.3 is 0 Å². The number of nitrogens with zero attached hydrogens (tertiary/aromatic N) is 1. The van der Waals surface area contributed by atoms with Crippen molar-refractivity contribution in [2.24, 2.45) is 0 Å². The minimum atomic E-state index is 1.01. The average molecular weight is 121 g/mol. The lowest BCUT2D eigenvalue weighted by Gasteiger charge is -1.75. The van der Waals surface area contributed by atoms with Crippen LogP contribution < -0.4 is 0 Å². The summed E-state index contributed by atoms with van der Waals surface area (Å²) in [6, 6.07) is 2.05. The number of aromatic nitrogens is 3. The Morgan fingerprint density at radius 1 is 1.56 bits per heavy atom. The van der Waals surface area contributed by atoms with Crippen LogP contribution in [0.2, 0.25) is 0 Å². The van der Waals surface area contributed by atoms with Gasteiger partial charge in [-0.1, -0.05) is 0 Å². The summed E-state index contributed by atoms with van der Waals surface area (Å²) in [7, 11) is 0. The van der Waals surface area contributed by atoms with Gasteiger partial charge in [-0.3, -0.25) is 5.10 Å². The summed E-state index contributed by atoms with van der Waals surface area (Å²) in [4.78, 5) is 3.12. The van der Waals surface area contributed by atoms with E-state index in [9.17, 15) is 0 Å². The smallest absolute Gasteiger partial charge is 0.133 e. The van der Waals surface area contributed by atoms with Gasteiger partial charge in [0.25, 0.3) is 0 Å². The Hall–Kier alpha value is -1.25. The Morgan fingerprint density at radius 2 is 2.44 bits per heavy atom. The number of aromatic amines is 2. The van der Waals surface area contributed by atoms with Crippen molar-refractivity contribution in [1.82, 2.24) is 15.2 Å². The maximum Gasteiger partial charge on any atom is 0.133 e. The molecule has 0 atom stereocenters. The number of fused-ring (bicyclic) bond motifs is 1. The molecule has 3 heteroatoms. The van der Waals surface area contributed by atoms with Gasteiger partial charge in [-0.25, -0.2) is 0 Å². The number of H-pyrrole nitrogens is 2. The molecule has 0 aromatic carbocycles. The summed E-state index contributed by atoms with van der Waals surface area (Å²) in [5.74, 6) is 0. The van der Waals surface area contributed by atoms with Gasteiger partial charge in [0.1, 0.15) is 5.65 Å². The van der Waals surface area contributed by atoms with E-state index in [4.69, 9.17) is 0 Å². The molecule has 2 aromatic rings. The van der Waals surface area contributed by atoms with Crippen LogP contribution in [0, 0.1) is 6.92 Å². The van der Waals surface area contributed by atoms with Crippen molar-refractivity contribution in [3.63, 3.8) is 0 Å². The van der Waals surface area contributed by atoms with Crippen molar-refractivity contribution >= 4 is 11.0 Å². The molecule has 2 N–H and O–H groups in total. The molecule has 2 heterocycles. The van der Waals surface area contributed by atoms with Crippen LogP contribution in [0.15, 0.2) is 12.3 Å². The Labute approximate surface area is 52.1 Å². The second-order valence-electron chi connectivity index (χ2n) is 2.15. The first-order valence-corrected chi connectivity index (χ1v) is 2.85. The molecular formula is C6H7N3. The van der Waals surface area contributed by atoms with E-state index < -0.39 is 0 Å². The number of hydrogen-bond donors (Lipinski definition) is 2. The number of hydrogen-bond acceptors (Lipinski definition) is 1. The van der Waals surface area contributed by atoms with Crippen LogP contribution in [-0.2, 0) is 0 Å². The van der Waals surface area contributed by atoms with Gasteiger partial charge in [-0.15, -0.1) is 0 Å². The lowest BCUT2D eigenvalue weighted by Crippen LogP contribution is -1.69. The zero-order valence-electron chi connectivity index (χ0n) is 5.10. The summed E-state index contributed by atoms with van der Waals surface area (Å²) in [6.07, 6.45) is 1.80. The first-order chi connectivity index (χ1) is 4.36. The van der Waals surface area contributed by atoms with Gasteiger partial charge in [0.05, 0.1) is 6.20 Å². The van der Waals surface area contributed by atoms with Crippen molar-refractivity contribution in [3.8, 4) is 0 Å². The van der Waals surface area contributed by atoms with Crippen molar-refractivity contribution in [3.05, 3.63) is 18.0 Å². The molecule has 0 aliphatic rings. The van der Waals surface area contributed by atoms with E-state index in [0.29, 0.717) is 0 Å². The first-order valence-electron chi connectivity index (χ1n) is 2.85. The van der Waals surface area contributed by atoms with Crippen molar-refractivity contribution in [1.29, 1.82) is 0 Å². The highest BCUT2D eigenvalue weighted by Crippen LogP contribution is 2.09. The molecule has 0 fully saturated rings. The van der Waals surface area contributed by atoms with Crippen LogP contribution in [-0.4, -0.2) is 15.2 Å². The van der Waals surface area contributed by atoms with E-state index in [1.54, 1.807) is 6.20 Å². The molecule has 3 nitrogen and oxygen atoms in total. The third-order valence-electron chi connectivity index (χ3n) is 1.36. The second kappa shape index (κ2) is 1.37. The Morgan fingerprint density at radius 3 is 3.22 bits per heavy atom. The first kappa shape index (κ1) is 4.61. The number of aryl methyl sites for hydroxylation is 1. The highest BCUT2D eigenvalue weighted by atomic mass is 15.1. The lowest BCUT2D eigenvalue weighted by atomic mass is 10.4. The van der Waals surface area contributed by atoms with E-state index in [0.717, 1.165) is 11.0 Å². The van der Waals surface area contributed by atoms with Gasteiger partial charge in [0.15, 0.2) is 0 Å². The van der Waals surface area contributed by atoms with E-state index in [1.165, 1.54) is 5.69 Å². The molecule has 0 amide bonds. The fraction of sp³-hybridized carbons (Fsp3) is 0.167. The van der Waals surface area contributed by atoms with E-state index >= 15 is 0 Å². The fourth-order valence-electron chi connectivity index (χ4n) is 0.972. The highest BCUT2D eigenvalue weighted by molar-refractivity contribution is 5.75. The van der Waals surface area contributed by atoms with Crippen molar-refractivity contribution in [2.75, 3.05) is 0 Å². The molecule has 0 aliphatic heterocycles. The van der Waals surface area contributed by atoms with Gasteiger partial charge in [-0.05, 0) is 13.0 Å². The van der Waals surface area contributed by atoms with Crippen LogP contribution in [0.1, 0.15) is 5.69 Å². The Bertz CT molecular complexity index is 289. The Kier molecular flexibility index (Phi) is 0.704. The summed E-state index contributed by atoms with van der Waals surface area (Å²) < 4.78 is 0. The quantitative estimate of drug-likeness (QED) is 0.540. The largest absolute Gasteiger partial charge is 0.344 e. The maximum absolute atomic E-state index is 3.85. The van der Waals surface area contributed by atoms with Gasteiger partial charge in [-0.2, -0.15) is 5.10 Å². The minimum absolute atomic E-state index is 1.01. The van der Waals surface area contributed by atoms with Crippen LogP contribution in [0.5, 0.6) is 0 Å². The molecule has 2 rings (SSSR count). The predicted molar refractivity (Wildman–Crippen MR) is 35.2 cm³/mol. The SMILES string of the molecule is Cc1cc2cn[nH]c2[nH]1. The fourth-order valence-corrected chi connectivity index (χ4v) is 0.972. The molecule has 0 radical (unpaired) electrons. The standard InChI is InChI=1S/C6H7N3/c1-4-2-5-3-7-9-6(5)8-4/h2-3H,1H3,(H2,7,8,9). The average Bonchev–Trinajstić information content (AvgIpc) is 2.22. The van der Waals surface area contributed by atoms with Gasteiger partial charge < -0.3 is 4.98 Å². The van der Waals surface area contributed by atoms with Gasteiger partial charge in [0.2, 0.25) is 0 Å². The van der Waals surface area contributed by atoms with Crippen molar-refractivity contribution in [2.45, 2.75) is 6.92 Å². The van der Waals surface area contributed by atoms with Crippen LogP contribution in [0.25, 0.3) is 11.0 Å². The molecule has 0 saturated carbocycles. The van der Waals surface area contributed by atoms with E-state index in [-0.39, 0.29) is 0 Å². The molecule has 0 bridgehead atoms. The third kappa shape index (κ3) is 0.543. The highest BCUT2D eigenvalue weighted by Gasteiger charge is 1.95. The molecule has 9 heavy (non-hydrogen) atoms. The Balaban J connectivity index is 2.92. The van der Waals surface area contributed by atoms with Gasteiger partial charge in [0, 0.05) is 11.1 Å². The topological polar surface area (TPSA) is 44.5 Å². The van der Waals surface area contributed by atoms with E-state index in [1.807, 2.05) is 6.92 Å². The number of rotatable bonds is 0. The summed E-state index contributed by atoms with van der Waals surface area (Å²) >= 11 is 0. The van der Waals surface area contributed by atoms with Crippen LogP contribution in [0.4, 0.5) is 0 Å². The molecule has 2 aromatic heterocycles. The number of nitrogens with one attached hydrogen (secondary N) is 2. The molecule has 0 aliphatic carbocycles. The monoisotopic (exact) mass is 121 g/mol. The summed E-state index contributed by atoms with van der Waals surface area (Å²) in [6.45, 7) is 2.02. The second-order valence-corrected chi connectivity index (χ2v) is 2.15. The zero-order valence-corrected chi connectivity index (χ0v) is 5.10. The third-order valence-corrected chi connectivity index (χ3v) is 1.36. The predicted octanol–water partition coefficient (Wildman–Crippen LogP) is 1.20. The lowest BCUT2D eigenvalue weighted by molar-refractivity contribution is 1.09. The zero-order chi connectivity index (χ0) is 6.27. The van der Waals surface area contributed by atoms with Crippen LogP contribution in [0.3, 0.4) is 0 Å². The molecule has 0 saturated heterocycles. The molecule has 0 spiro atoms. The normalized spacial score (nSPS) is 10.8. The summed E-state index contributed by atoms with van der Waals surface area (Å²) in [5.41, 5.74) is 2.17. The minimum Gasteiger partial charge on any atom is -0.344 e.